The first kappa shape index (κ1) is 23.1. The van der Waals surface area contributed by atoms with Crippen molar-refractivity contribution in [2.75, 3.05) is 19.6 Å². The lowest BCUT2D eigenvalue weighted by Gasteiger charge is -2.22. The maximum Gasteiger partial charge on any atom is 0.273 e. The molecule has 9 heteroatoms. The zero-order chi connectivity index (χ0) is 18.6. The number of hydrogen-bond acceptors (Lipinski definition) is 5. The van der Waals surface area contributed by atoms with Gasteiger partial charge in [-0.1, -0.05) is 11.3 Å². The predicted molar refractivity (Wildman–Crippen MR) is 118 cm³/mol. The van der Waals surface area contributed by atoms with E-state index < -0.39 is 0 Å². The Morgan fingerprint density at radius 1 is 1.28 bits per heavy atom. The topological polar surface area (TPSA) is 84.7 Å². The van der Waals surface area contributed by atoms with Crippen LogP contribution in [0.15, 0.2) is 36.5 Å². The van der Waals surface area contributed by atoms with Crippen LogP contribution in [0.1, 0.15) is 35.4 Å². The zero-order valence-electron chi connectivity index (χ0n) is 16.3. The molecule has 3 heterocycles. The van der Waals surface area contributed by atoms with Crippen LogP contribution in [0.2, 0.25) is 0 Å². The number of rotatable bonds is 5. The number of fused-ring (bicyclic) bond motifs is 1. The molecule has 0 radical (unpaired) electrons. The summed E-state index contributed by atoms with van der Waals surface area (Å²) in [6.45, 7) is 4.68. The second kappa shape index (κ2) is 10.5. The highest BCUT2D eigenvalue weighted by atomic mass is 35.5. The fraction of sp³-hybridized carbons (Fsp3) is 0.400. The molecule has 156 valence electrons. The van der Waals surface area contributed by atoms with Gasteiger partial charge in [-0.3, -0.25) is 9.78 Å². The van der Waals surface area contributed by atoms with Crippen molar-refractivity contribution in [1.82, 2.24) is 30.6 Å². The van der Waals surface area contributed by atoms with E-state index in [0.717, 1.165) is 41.8 Å². The summed E-state index contributed by atoms with van der Waals surface area (Å²) < 4.78 is 1.71. The predicted octanol–water partition coefficient (Wildman–Crippen LogP) is 3.09. The summed E-state index contributed by atoms with van der Waals surface area (Å²) in [4.78, 5) is 16.9. The summed E-state index contributed by atoms with van der Waals surface area (Å²) in [5, 5.41) is 15.7. The van der Waals surface area contributed by atoms with Gasteiger partial charge >= 0.3 is 0 Å². The van der Waals surface area contributed by atoms with Crippen molar-refractivity contribution in [1.29, 1.82) is 0 Å². The van der Waals surface area contributed by atoms with Crippen LogP contribution in [0, 0.1) is 12.8 Å². The highest BCUT2D eigenvalue weighted by Crippen LogP contribution is 2.21. The number of nitrogens with zero attached hydrogens (tertiary/aromatic N) is 4. The molecular weight excluding hydrogens is 411 g/mol. The van der Waals surface area contributed by atoms with E-state index in [0.29, 0.717) is 18.2 Å². The number of piperidine rings is 1. The van der Waals surface area contributed by atoms with E-state index in [4.69, 9.17) is 0 Å². The SMILES string of the molecule is Cc1c(C(=O)NCCC2CCCNC2)nnn1-c1cccc2ncccc12.Cl.Cl. The smallest absolute Gasteiger partial charge is 0.273 e. The second-order valence-corrected chi connectivity index (χ2v) is 7.04. The standard InChI is InChI=1S/C20H24N6O.2ClH/c1-14-19(20(27)23-12-9-15-5-3-10-21-13-15)24-25-26(14)18-8-2-7-17-16(18)6-4-11-22-17;;/h2,4,6-8,11,15,21H,3,5,9-10,12-13H2,1H3,(H,23,27);2*1H. The Morgan fingerprint density at radius 3 is 2.93 bits per heavy atom. The summed E-state index contributed by atoms with van der Waals surface area (Å²) in [6, 6.07) is 9.74. The van der Waals surface area contributed by atoms with Crippen LogP contribution in [0.4, 0.5) is 0 Å². The van der Waals surface area contributed by atoms with Crippen molar-refractivity contribution >= 4 is 41.6 Å². The first-order valence-corrected chi connectivity index (χ1v) is 9.49. The van der Waals surface area contributed by atoms with Crippen LogP contribution in [-0.2, 0) is 0 Å². The van der Waals surface area contributed by atoms with E-state index in [2.05, 4.69) is 25.9 Å². The van der Waals surface area contributed by atoms with E-state index >= 15 is 0 Å². The molecule has 1 aliphatic heterocycles. The first-order valence-electron chi connectivity index (χ1n) is 9.49. The molecule has 1 saturated heterocycles. The summed E-state index contributed by atoms with van der Waals surface area (Å²) in [5.41, 5.74) is 2.86. The van der Waals surface area contributed by atoms with Crippen molar-refractivity contribution in [3.63, 3.8) is 0 Å². The fourth-order valence-corrected chi connectivity index (χ4v) is 3.68. The summed E-state index contributed by atoms with van der Waals surface area (Å²) in [5.74, 6) is 0.472. The van der Waals surface area contributed by atoms with E-state index in [1.54, 1.807) is 10.9 Å². The van der Waals surface area contributed by atoms with E-state index in [1.807, 2.05) is 37.3 Å². The number of amides is 1. The molecule has 0 aliphatic carbocycles. The number of carbonyl (C=O) groups is 1. The summed E-state index contributed by atoms with van der Waals surface area (Å²) in [7, 11) is 0. The van der Waals surface area contributed by atoms with Gasteiger partial charge in [-0.05, 0) is 69.5 Å². The highest BCUT2D eigenvalue weighted by Gasteiger charge is 2.19. The molecule has 0 spiro atoms. The lowest BCUT2D eigenvalue weighted by molar-refractivity contribution is 0.0945. The minimum atomic E-state index is -0.166. The number of benzene rings is 1. The van der Waals surface area contributed by atoms with E-state index in [9.17, 15) is 4.79 Å². The summed E-state index contributed by atoms with van der Waals surface area (Å²) >= 11 is 0. The number of halogens is 2. The summed E-state index contributed by atoms with van der Waals surface area (Å²) in [6.07, 6.45) is 5.20. The minimum absolute atomic E-state index is 0. The Labute approximate surface area is 182 Å². The van der Waals surface area contributed by atoms with Gasteiger partial charge in [0.15, 0.2) is 5.69 Å². The normalized spacial score (nSPS) is 16.0. The van der Waals surface area contributed by atoms with Gasteiger partial charge in [0.25, 0.3) is 5.91 Å². The molecule has 1 aromatic carbocycles. The van der Waals surface area contributed by atoms with Crippen LogP contribution < -0.4 is 10.6 Å². The van der Waals surface area contributed by atoms with Gasteiger partial charge < -0.3 is 10.6 Å². The lowest BCUT2D eigenvalue weighted by atomic mass is 9.96. The van der Waals surface area contributed by atoms with Crippen LogP contribution in [-0.4, -0.2) is 45.5 Å². The molecule has 1 atom stereocenters. The largest absolute Gasteiger partial charge is 0.351 e. The van der Waals surface area contributed by atoms with Crippen molar-refractivity contribution in [3.8, 4) is 5.69 Å². The molecule has 2 N–H and O–H groups in total. The van der Waals surface area contributed by atoms with Gasteiger partial charge in [0.1, 0.15) is 0 Å². The highest BCUT2D eigenvalue weighted by molar-refractivity contribution is 5.94. The number of aromatic nitrogens is 4. The average Bonchev–Trinajstić information content (AvgIpc) is 3.09. The molecule has 1 amide bonds. The number of nitrogens with one attached hydrogen (secondary N) is 2. The van der Waals surface area contributed by atoms with E-state index in [1.165, 1.54) is 12.8 Å². The molecule has 1 fully saturated rings. The Morgan fingerprint density at radius 2 is 2.14 bits per heavy atom. The first-order chi connectivity index (χ1) is 13.2. The Kier molecular flexibility index (Phi) is 8.37. The van der Waals surface area contributed by atoms with Gasteiger partial charge in [0.05, 0.1) is 16.9 Å². The quantitative estimate of drug-likeness (QED) is 0.641. The van der Waals surface area contributed by atoms with Crippen molar-refractivity contribution in [2.24, 2.45) is 5.92 Å². The minimum Gasteiger partial charge on any atom is -0.351 e. The molecule has 4 rings (SSSR count). The maximum atomic E-state index is 12.6. The molecule has 7 nitrogen and oxygen atoms in total. The molecule has 1 aliphatic rings. The van der Waals surface area contributed by atoms with Crippen LogP contribution in [0.25, 0.3) is 16.6 Å². The third kappa shape index (κ3) is 5.04. The average molecular weight is 437 g/mol. The van der Waals surface area contributed by atoms with Crippen molar-refractivity contribution in [2.45, 2.75) is 26.2 Å². The van der Waals surface area contributed by atoms with Gasteiger partial charge in [-0.15, -0.1) is 29.9 Å². The third-order valence-corrected chi connectivity index (χ3v) is 5.20. The number of carbonyl (C=O) groups excluding carboxylic acids is 1. The Hall–Kier alpha value is -2.22. The number of pyridine rings is 1. The van der Waals surface area contributed by atoms with Crippen molar-refractivity contribution in [3.05, 3.63) is 47.9 Å². The van der Waals surface area contributed by atoms with Crippen molar-refractivity contribution < 1.29 is 4.79 Å². The van der Waals surface area contributed by atoms with Gasteiger partial charge in [-0.2, -0.15) is 0 Å². The molecule has 0 saturated carbocycles. The van der Waals surface area contributed by atoms with Gasteiger partial charge in [0, 0.05) is 18.1 Å². The molecule has 1 unspecified atom stereocenters. The molecule has 0 bridgehead atoms. The molecule has 3 aromatic rings. The Balaban J connectivity index is 0.00000150. The van der Waals surface area contributed by atoms with Crippen LogP contribution in [0.3, 0.4) is 0 Å². The fourth-order valence-electron chi connectivity index (χ4n) is 3.68. The van der Waals surface area contributed by atoms with Crippen LogP contribution >= 0.6 is 24.8 Å². The molecule has 2 aromatic heterocycles. The maximum absolute atomic E-state index is 12.6. The lowest BCUT2D eigenvalue weighted by Crippen LogP contribution is -2.33. The molecule has 29 heavy (non-hydrogen) atoms. The van der Waals surface area contributed by atoms with E-state index in [-0.39, 0.29) is 30.7 Å². The zero-order valence-corrected chi connectivity index (χ0v) is 17.9. The van der Waals surface area contributed by atoms with Gasteiger partial charge in [-0.25, -0.2) is 4.68 Å². The monoisotopic (exact) mass is 436 g/mol. The molecular formula is C20H26Cl2N6O. The second-order valence-electron chi connectivity index (χ2n) is 7.04. The third-order valence-electron chi connectivity index (χ3n) is 5.20. The number of hydrogen-bond donors (Lipinski definition) is 2. The van der Waals surface area contributed by atoms with Crippen LogP contribution in [0.5, 0.6) is 0 Å². The Bertz CT molecular complexity index is 950. The van der Waals surface area contributed by atoms with Gasteiger partial charge in [0.2, 0.25) is 0 Å².